The van der Waals surface area contributed by atoms with Crippen LogP contribution >= 0.6 is 11.6 Å². The van der Waals surface area contributed by atoms with Gasteiger partial charge in [0.1, 0.15) is 5.69 Å². The fourth-order valence-corrected chi connectivity index (χ4v) is 3.52. The van der Waals surface area contributed by atoms with Crippen molar-refractivity contribution < 1.29 is 0 Å². The van der Waals surface area contributed by atoms with Crippen LogP contribution in [-0.2, 0) is 7.05 Å². The number of halogens is 1. The molecular formula is C26H27ClN4O. The lowest BCUT2D eigenvalue weighted by Crippen LogP contribution is -2.12. The summed E-state index contributed by atoms with van der Waals surface area (Å²) in [4.78, 5) is 15.7. The van der Waals surface area contributed by atoms with Crippen LogP contribution in [0.1, 0.15) is 31.4 Å². The Morgan fingerprint density at radius 2 is 1.94 bits per heavy atom. The topological polar surface area (TPSA) is 63.6 Å². The average Bonchev–Trinajstić information content (AvgIpc) is 3.20. The first-order valence-corrected chi connectivity index (χ1v) is 10.9. The third kappa shape index (κ3) is 5.62. The first kappa shape index (κ1) is 23.2. The third-order valence-electron chi connectivity index (χ3n) is 4.89. The van der Waals surface area contributed by atoms with E-state index in [1.165, 1.54) is 5.56 Å². The van der Waals surface area contributed by atoms with Crippen LogP contribution in [0.15, 0.2) is 77.8 Å². The van der Waals surface area contributed by atoms with Gasteiger partial charge >= 0.3 is 0 Å². The van der Waals surface area contributed by atoms with Gasteiger partial charge in [0.15, 0.2) is 0 Å². The Bertz CT molecular complexity index is 1320. The maximum absolute atomic E-state index is 12.8. The lowest BCUT2D eigenvalue weighted by molar-refractivity contribution is 0.715. The van der Waals surface area contributed by atoms with E-state index in [0.29, 0.717) is 16.3 Å². The molecule has 0 fully saturated rings. The lowest BCUT2D eigenvalue weighted by atomic mass is 9.95. The van der Waals surface area contributed by atoms with Gasteiger partial charge in [0.05, 0.1) is 11.8 Å². The summed E-state index contributed by atoms with van der Waals surface area (Å²) in [6.45, 7) is 6.14. The predicted molar refractivity (Wildman–Crippen MR) is 134 cm³/mol. The molecule has 2 aromatic carbocycles. The molecule has 1 N–H and O–H groups in total. The second kappa shape index (κ2) is 10.7. The SMILES string of the molecule is CC/C=C\C=C(/C)c1c(-c2cn(C)nn2)c(=O)[nH]c2ccc(Cl)cc12.Cc1ccccc1. The molecule has 0 radical (unpaired) electrons. The second-order valence-electron chi connectivity index (χ2n) is 7.51. The van der Waals surface area contributed by atoms with Crippen LogP contribution in [0.3, 0.4) is 0 Å². The molecule has 32 heavy (non-hydrogen) atoms. The highest BCUT2D eigenvalue weighted by Gasteiger charge is 2.18. The van der Waals surface area contributed by atoms with Crippen molar-refractivity contribution in [1.82, 2.24) is 20.0 Å². The minimum Gasteiger partial charge on any atom is -0.321 e. The van der Waals surface area contributed by atoms with Gasteiger partial charge in [-0.05, 0) is 44.0 Å². The van der Waals surface area contributed by atoms with Gasteiger partial charge in [0.2, 0.25) is 0 Å². The first-order chi connectivity index (χ1) is 15.4. The first-order valence-electron chi connectivity index (χ1n) is 10.5. The Morgan fingerprint density at radius 3 is 2.53 bits per heavy atom. The third-order valence-corrected chi connectivity index (χ3v) is 5.12. The minimum absolute atomic E-state index is 0.197. The van der Waals surface area contributed by atoms with Crippen LogP contribution in [0, 0.1) is 6.92 Å². The normalized spacial score (nSPS) is 11.6. The van der Waals surface area contributed by atoms with Crippen molar-refractivity contribution in [3.8, 4) is 11.3 Å². The summed E-state index contributed by atoms with van der Waals surface area (Å²) in [7, 11) is 1.77. The monoisotopic (exact) mass is 446 g/mol. The fraction of sp³-hybridized carbons (Fsp3) is 0.192. The molecule has 0 aliphatic heterocycles. The smallest absolute Gasteiger partial charge is 0.258 e. The Kier molecular flexibility index (Phi) is 7.79. The molecule has 0 aliphatic carbocycles. The van der Waals surface area contributed by atoms with Gasteiger partial charge < -0.3 is 4.98 Å². The molecule has 0 spiro atoms. The number of rotatable bonds is 4. The van der Waals surface area contributed by atoms with E-state index in [-0.39, 0.29) is 5.56 Å². The lowest BCUT2D eigenvalue weighted by Gasteiger charge is -2.12. The van der Waals surface area contributed by atoms with Gasteiger partial charge in [-0.2, -0.15) is 0 Å². The van der Waals surface area contributed by atoms with Crippen LogP contribution in [-0.4, -0.2) is 20.0 Å². The summed E-state index contributed by atoms with van der Waals surface area (Å²) in [5.74, 6) is 0. The van der Waals surface area contributed by atoms with Gasteiger partial charge in [-0.25, -0.2) is 0 Å². The molecule has 2 aromatic heterocycles. The number of pyridine rings is 1. The summed E-state index contributed by atoms with van der Waals surface area (Å²) in [6, 6.07) is 15.7. The van der Waals surface area contributed by atoms with Crippen molar-refractivity contribution >= 4 is 28.1 Å². The fourth-order valence-electron chi connectivity index (χ4n) is 3.35. The number of benzene rings is 2. The number of aromatic amines is 1. The zero-order valence-corrected chi connectivity index (χ0v) is 19.5. The zero-order chi connectivity index (χ0) is 23.1. The molecule has 5 nitrogen and oxygen atoms in total. The Hall–Kier alpha value is -3.44. The van der Waals surface area contributed by atoms with Gasteiger partial charge in [-0.3, -0.25) is 9.48 Å². The quantitative estimate of drug-likeness (QED) is 0.372. The molecule has 4 aromatic rings. The van der Waals surface area contributed by atoms with Crippen LogP contribution in [0.4, 0.5) is 0 Å². The van der Waals surface area contributed by atoms with Crippen molar-refractivity contribution in [1.29, 1.82) is 0 Å². The molecule has 4 rings (SSSR count). The summed E-state index contributed by atoms with van der Waals surface area (Å²) in [5, 5.41) is 9.59. The van der Waals surface area contributed by atoms with E-state index in [1.807, 2.05) is 49.4 Å². The molecular weight excluding hydrogens is 420 g/mol. The van der Waals surface area contributed by atoms with E-state index in [1.54, 1.807) is 24.0 Å². The molecule has 0 atom stereocenters. The van der Waals surface area contributed by atoms with E-state index in [0.717, 1.165) is 28.5 Å². The largest absolute Gasteiger partial charge is 0.321 e. The number of fused-ring (bicyclic) bond motifs is 1. The number of hydrogen-bond acceptors (Lipinski definition) is 3. The maximum Gasteiger partial charge on any atom is 0.258 e. The minimum atomic E-state index is -0.197. The molecule has 0 bridgehead atoms. The highest BCUT2D eigenvalue weighted by atomic mass is 35.5. The summed E-state index contributed by atoms with van der Waals surface area (Å²) in [6.07, 6.45) is 8.74. The average molecular weight is 447 g/mol. The number of aromatic nitrogens is 4. The van der Waals surface area contributed by atoms with Crippen molar-refractivity contribution in [3.05, 3.63) is 99.5 Å². The number of aryl methyl sites for hydroxylation is 2. The van der Waals surface area contributed by atoms with Gasteiger partial charge in [-0.15, -0.1) is 5.10 Å². The zero-order valence-electron chi connectivity index (χ0n) is 18.8. The van der Waals surface area contributed by atoms with Crippen LogP contribution in [0.2, 0.25) is 5.02 Å². The molecule has 0 amide bonds. The van der Waals surface area contributed by atoms with E-state index in [4.69, 9.17) is 11.6 Å². The number of nitrogens with one attached hydrogen (secondary N) is 1. The second-order valence-corrected chi connectivity index (χ2v) is 7.95. The van der Waals surface area contributed by atoms with Gasteiger partial charge in [0.25, 0.3) is 5.56 Å². The van der Waals surface area contributed by atoms with Crippen molar-refractivity contribution in [2.24, 2.45) is 7.05 Å². The van der Waals surface area contributed by atoms with E-state index < -0.39 is 0 Å². The molecule has 0 unspecified atom stereocenters. The van der Waals surface area contributed by atoms with Gasteiger partial charge in [-0.1, -0.05) is 77.9 Å². The molecule has 0 saturated heterocycles. The van der Waals surface area contributed by atoms with Gasteiger partial charge in [0, 0.05) is 28.5 Å². The van der Waals surface area contributed by atoms with E-state index in [9.17, 15) is 4.79 Å². The van der Waals surface area contributed by atoms with Crippen LogP contribution in [0.5, 0.6) is 0 Å². The predicted octanol–water partition coefficient (Wildman–Crippen LogP) is 6.34. The highest BCUT2D eigenvalue weighted by Crippen LogP contribution is 2.32. The highest BCUT2D eigenvalue weighted by molar-refractivity contribution is 6.31. The van der Waals surface area contributed by atoms with E-state index >= 15 is 0 Å². The molecule has 0 saturated carbocycles. The van der Waals surface area contributed by atoms with Crippen LogP contribution in [0.25, 0.3) is 27.7 Å². The summed E-state index contributed by atoms with van der Waals surface area (Å²) < 4.78 is 1.58. The number of nitrogens with zero attached hydrogens (tertiary/aromatic N) is 3. The molecule has 2 heterocycles. The van der Waals surface area contributed by atoms with E-state index in [2.05, 4.69) is 47.4 Å². The van der Waals surface area contributed by atoms with Crippen molar-refractivity contribution in [3.63, 3.8) is 0 Å². The summed E-state index contributed by atoms with van der Waals surface area (Å²) >= 11 is 6.21. The Balaban J connectivity index is 0.000000352. The van der Waals surface area contributed by atoms with Crippen molar-refractivity contribution in [2.45, 2.75) is 27.2 Å². The Labute approximate surface area is 193 Å². The molecule has 6 heteroatoms. The van der Waals surface area contributed by atoms with Crippen molar-refractivity contribution in [2.75, 3.05) is 0 Å². The molecule has 0 aliphatic rings. The molecule has 164 valence electrons. The van der Waals surface area contributed by atoms with Crippen LogP contribution < -0.4 is 5.56 Å². The number of hydrogen-bond donors (Lipinski definition) is 1. The standard InChI is InChI=1S/C19H19ClN4O.C7H8/c1-4-5-6-7-12(2)17-14-10-13(20)8-9-15(14)21-19(25)18(17)16-11-24(3)23-22-16;1-7-5-3-2-4-6-7/h5-11H,4H2,1-3H3,(H,21,25);2-6H,1H3/b6-5-,12-7+;. The number of allylic oxidation sites excluding steroid dienone is 4. The Morgan fingerprint density at radius 1 is 1.19 bits per heavy atom. The maximum atomic E-state index is 12.8. The number of H-pyrrole nitrogens is 1. The summed E-state index contributed by atoms with van der Waals surface area (Å²) in [5.41, 5.74) is 4.69.